The van der Waals surface area contributed by atoms with Gasteiger partial charge in [-0.2, -0.15) is 0 Å². The van der Waals surface area contributed by atoms with E-state index in [4.69, 9.17) is 5.73 Å². The monoisotopic (exact) mass is 487 g/mol. The SMILES string of the molecule is CC.CC(C)C.CC(C)C.CC/C(C)=C/C=C(\C)c1ccccc1C(C)=O.CC1CCC(N)CC1. The van der Waals surface area contributed by atoms with Crippen molar-refractivity contribution in [1.29, 1.82) is 0 Å². The fourth-order valence-corrected chi connectivity index (χ4v) is 2.89. The smallest absolute Gasteiger partial charge is 0.160 e. The van der Waals surface area contributed by atoms with Gasteiger partial charge in [-0.3, -0.25) is 4.79 Å². The molecule has 0 radical (unpaired) electrons. The molecule has 1 saturated carbocycles. The van der Waals surface area contributed by atoms with Crippen LogP contribution in [0.15, 0.2) is 42.0 Å². The maximum atomic E-state index is 11.5. The van der Waals surface area contributed by atoms with Crippen molar-refractivity contribution < 1.29 is 4.79 Å². The predicted octanol–water partition coefficient (Wildman–Crippen LogP) is 10.5. The first-order valence-corrected chi connectivity index (χ1v) is 14.0. The topological polar surface area (TPSA) is 43.1 Å². The van der Waals surface area contributed by atoms with Gasteiger partial charge in [0, 0.05) is 11.6 Å². The molecule has 0 atom stereocenters. The molecular formula is C33H61NO. The number of Topliss-reactive ketones (excluding diaryl/α,β-unsaturated/α-hetero) is 1. The standard InChI is InChI=1S/C16H20O.C7H15N.2C4H10.C2H6/c1-5-12(2)10-11-13(3)15-8-6-7-9-16(15)14(4)17;1-6-2-4-7(8)5-3-6;2*1-4(2)3;1-2/h6-11H,5H2,1-4H3;6-7H,2-5,8H2,1H3;2*4H,1-3H3;1-2H3/b12-10+,13-11+;;;;. The molecule has 35 heavy (non-hydrogen) atoms. The van der Waals surface area contributed by atoms with Crippen LogP contribution in [0.5, 0.6) is 0 Å². The Morgan fingerprint density at radius 2 is 1.26 bits per heavy atom. The maximum absolute atomic E-state index is 11.5. The Labute approximate surface area is 220 Å². The second-order valence-corrected chi connectivity index (χ2v) is 10.8. The number of carbonyl (C=O) groups excluding carboxylic acids is 1. The van der Waals surface area contributed by atoms with E-state index in [1.54, 1.807) is 6.92 Å². The molecule has 0 unspecified atom stereocenters. The molecule has 2 heteroatoms. The lowest BCUT2D eigenvalue weighted by Gasteiger charge is -2.22. The van der Waals surface area contributed by atoms with Gasteiger partial charge in [-0.1, -0.05) is 111 Å². The lowest BCUT2D eigenvalue weighted by Crippen LogP contribution is -2.25. The molecule has 2 nitrogen and oxygen atoms in total. The van der Waals surface area contributed by atoms with Gasteiger partial charge in [0.05, 0.1) is 0 Å². The predicted molar refractivity (Wildman–Crippen MR) is 162 cm³/mol. The van der Waals surface area contributed by atoms with Crippen molar-refractivity contribution in [3.05, 3.63) is 53.1 Å². The highest BCUT2D eigenvalue weighted by atomic mass is 16.1. The maximum Gasteiger partial charge on any atom is 0.160 e. The van der Waals surface area contributed by atoms with E-state index in [0.717, 1.165) is 40.9 Å². The summed E-state index contributed by atoms with van der Waals surface area (Å²) < 4.78 is 0. The lowest BCUT2D eigenvalue weighted by atomic mass is 9.88. The quantitative estimate of drug-likeness (QED) is 0.339. The molecular weight excluding hydrogens is 426 g/mol. The van der Waals surface area contributed by atoms with Crippen LogP contribution in [0.1, 0.15) is 138 Å². The number of rotatable bonds is 4. The largest absolute Gasteiger partial charge is 0.328 e. The Morgan fingerprint density at radius 1 is 0.857 bits per heavy atom. The number of nitrogens with two attached hydrogens (primary N) is 1. The Kier molecular flexibility index (Phi) is 26.0. The molecule has 1 aromatic carbocycles. The van der Waals surface area contributed by atoms with Gasteiger partial charge in [0.15, 0.2) is 5.78 Å². The van der Waals surface area contributed by atoms with Gasteiger partial charge in [-0.25, -0.2) is 0 Å². The number of allylic oxidation sites excluding steroid dienone is 4. The van der Waals surface area contributed by atoms with Crippen molar-refractivity contribution >= 4 is 11.4 Å². The van der Waals surface area contributed by atoms with Crippen LogP contribution in [0.25, 0.3) is 5.57 Å². The van der Waals surface area contributed by atoms with Crippen LogP contribution < -0.4 is 5.73 Å². The van der Waals surface area contributed by atoms with E-state index in [1.807, 2.05) is 45.0 Å². The molecule has 0 amide bonds. The zero-order valence-electron chi connectivity index (χ0n) is 25.8. The molecule has 204 valence electrons. The molecule has 0 aliphatic heterocycles. The Bertz CT molecular complexity index is 667. The van der Waals surface area contributed by atoms with Gasteiger partial charge < -0.3 is 5.73 Å². The Balaban J connectivity index is -0.000000469. The van der Waals surface area contributed by atoms with Crippen molar-refractivity contribution in [1.82, 2.24) is 0 Å². The molecule has 1 fully saturated rings. The molecule has 1 aliphatic carbocycles. The second kappa shape index (κ2) is 24.0. The summed E-state index contributed by atoms with van der Waals surface area (Å²) >= 11 is 0. The highest BCUT2D eigenvalue weighted by Gasteiger charge is 2.13. The van der Waals surface area contributed by atoms with Crippen molar-refractivity contribution in [3.8, 4) is 0 Å². The van der Waals surface area contributed by atoms with E-state index < -0.39 is 0 Å². The van der Waals surface area contributed by atoms with Crippen LogP contribution in [0, 0.1) is 17.8 Å². The van der Waals surface area contributed by atoms with E-state index >= 15 is 0 Å². The van der Waals surface area contributed by atoms with Crippen LogP contribution in [0.2, 0.25) is 0 Å². The summed E-state index contributed by atoms with van der Waals surface area (Å²) in [6, 6.07) is 8.27. The summed E-state index contributed by atoms with van der Waals surface area (Å²) in [5.74, 6) is 2.72. The summed E-state index contributed by atoms with van der Waals surface area (Å²) in [5, 5.41) is 0. The van der Waals surface area contributed by atoms with Gasteiger partial charge in [-0.15, -0.1) is 0 Å². The Hall–Kier alpha value is -1.67. The fourth-order valence-electron chi connectivity index (χ4n) is 2.89. The van der Waals surface area contributed by atoms with Gasteiger partial charge in [0.25, 0.3) is 0 Å². The molecule has 2 N–H and O–H groups in total. The minimum Gasteiger partial charge on any atom is -0.328 e. The number of benzene rings is 1. The number of ketones is 1. The summed E-state index contributed by atoms with van der Waals surface area (Å²) in [5.41, 5.74) is 9.99. The first kappa shape index (κ1) is 37.9. The minimum absolute atomic E-state index is 0.115. The second-order valence-electron chi connectivity index (χ2n) is 10.8. The molecule has 0 spiro atoms. The summed E-state index contributed by atoms with van der Waals surface area (Å²) in [6.07, 6.45) is 10.5. The van der Waals surface area contributed by atoms with E-state index in [9.17, 15) is 4.79 Å². The summed E-state index contributed by atoms with van der Waals surface area (Å²) in [7, 11) is 0. The fraction of sp³-hybridized carbons (Fsp3) is 0.667. The van der Waals surface area contributed by atoms with Crippen LogP contribution in [-0.4, -0.2) is 11.8 Å². The third-order valence-corrected chi connectivity index (χ3v) is 4.97. The van der Waals surface area contributed by atoms with E-state index in [-0.39, 0.29) is 5.78 Å². The zero-order valence-corrected chi connectivity index (χ0v) is 25.8. The average Bonchev–Trinajstić information content (AvgIpc) is 2.80. The molecule has 0 saturated heterocycles. The Morgan fingerprint density at radius 3 is 1.60 bits per heavy atom. The minimum atomic E-state index is 0.115. The molecule has 0 heterocycles. The summed E-state index contributed by atoms with van der Waals surface area (Å²) in [4.78, 5) is 11.5. The van der Waals surface area contributed by atoms with Gasteiger partial charge >= 0.3 is 0 Å². The van der Waals surface area contributed by atoms with Crippen molar-refractivity contribution in [2.75, 3.05) is 0 Å². The average molecular weight is 488 g/mol. The molecule has 0 bridgehead atoms. The number of hydrogen-bond donors (Lipinski definition) is 1. The summed E-state index contributed by atoms with van der Waals surface area (Å²) in [6.45, 7) is 27.2. The van der Waals surface area contributed by atoms with Crippen molar-refractivity contribution in [3.63, 3.8) is 0 Å². The molecule has 2 rings (SSSR count). The van der Waals surface area contributed by atoms with Gasteiger partial charge in [-0.05, 0) is 81.8 Å². The van der Waals surface area contributed by atoms with Crippen LogP contribution in [0.3, 0.4) is 0 Å². The van der Waals surface area contributed by atoms with E-state index in [1.165, 1.54) is 31.3 Å². The van der Waals surface area contributed by atoms with E-state index in [0.29, 0.717) is 6.04 Å². The third-order valence-electron chi connectivity index (χ3n) is 4.97. The lowest BCUT2D eigenvalue weighted by molar-refractivity contribution is 0.101. The molecule has 1 aromatic rings. The van der Waals surface area contributed by atoms with Crippen molar-refractivity contribution in [2.24, 2.45) is 23.5 Å². The van der Waals surface area contributed by atoms with Crippen LogP contribution in [-0.2, 0) is 0 Å². The zero-order chi connectivity index (χ0) is 28.0. The van der Waals surface area contributed by atoms with Gasteiger partial charge in [0.2, 0.25) is 0 Å². The van der Waals surface area contributed by atoms with E-state index in [2.05, 4.69) is 74.5 Å². The van der Waals surface area contributed by atoms with Gasteiger partial charge in [0.1, 0.15) is 0 Å². The third kappa shape index (κ3) is 25.2. The number of hydrogen-bond acceptors (Lipinski definition) is 2. The number of carbonyl (C=O) groups is 1. The first-order valence-electron chi connectivity index (χ1n) is 14.0. The van der Waals surface area contributed by atoms with Crippen molar-refractivity contribution in [2.45, 2.75) is 128 Å². The highest BCUT2D eigenvalue weighted by Crippen LogP contribution is 2.22. The van der Waals surface area contributed by atoms with Crippen LogP contribution in [0.4, 0.5) is 0 Å². The normalized spacial score (nSPS) is 17.5. The molecule has 1 aliphatic rings. The first-order chi connectivity index (χ1) is 16.3. The van der Waals surface area contributed by atoms with Crippen LogP contribution >= 0.6 is 0 Å². The highest BCUT2D eigenvalue weighted by molar-refractivity contribution is 5.99. The molecule has 0 aromatic heterocycles.